The summed E-state index contributed by atoms with van der Waals surface area (Å²) in [5.74, 6) is -5.07. The van der Waals surface area contributed by atoms with Crippen LogP contribution < -0.4 is 15.4 Å². The third-order valence-corrected chi connectivity index (χ3v) is 10.3. The number of aliphatic hydroxyl groups excluding tert-OH is 2. The maximum absolute atomic E-state index is 13.9. The van der Waals surface area contributed by atoms with Crippen molar-refractivity contribution in [2.24, 2.45) is 0 Å². The Morgan fingerprint density at radius 3 is 2.33 bits per heavy atom. The molecule has 1 aliphatic heterocycles. The van der Waals surface area contributed by atoms with Gasteiger partial charge in [-0.1, -0.05) is 17.7 Å². The van der Waals surface area contributed by atoms with Gasteiger partial charge in [-0.2, -0.15) is 0 Å². The summed E-state index contributed by atoms with van der Waals surface area (Å²) in [7, 11) is 1.30. The van der Waals surface area contributed by atoms with Crippen molar-refractivity contribution in [2.45, 2.75) is 88.6 Å². The Hall–Kier alpha value is -4.75. The number of ether oxygens (including phenoxy) is 5. The Labute approximate surface area is 328 Å². The Balaban J connectivity index is 1.28. The number of carbonyl (C=O) groups is 5. The van der Waals surface area contributed by atoms with E-state index in [2.05, 4.69) is 17.2 Å². The standard InChI is InChI=1S/C40H50N2O15/c1-20(2)10-12-54-14-15-55-13-11-41-28(45)8-9-29(46)42-24-16-30(56-21(3)35(24)47)57-26-18-40(52,27(44)19-43)17-23-32(26)39(51)34-33(37(23)49)36(48)22-6-5-7-25(53-4)31(22)38(34)50/h5-7,21,24,26,30,35,43,47,49,51-52H,1,8-19H2,2-4H3,(H,41,45)(H,42,46)/t21-,24-,26-,30?,35+,40-/m0/s1. The lowest BCUT2D eigenvalue weighted by Crippen LogP contribution is -2.56. The summed E-state index contributed by atoms with van der Waals surface area (Å²) in [4.78, 5) is 65.8. The molecule has 17 heteroatoms. The number of phenolic OH excluding ortho intramolecular Hbond substituents is 2. The van der Waals surface area contributed by atoms with E-state index in [1.54, 1.807) is 0 Å². The topological polar surface area (TPSA) is 257 Å². The second kappa shape index (κ2) is 18.7. The highest BCUT2D eigenvalue weighted by molar-refractivity contribution is 6.31. The first kappa shape index (κ1) is 43.4. The maximum Gasteiger partial charge on any atom is 0.220 e. The molecule has 1 heterocycles. The lowest BCUT2D eigenvalue weighted by molar-refractivity contribution is -0.249. The predicted octanol–water partition coefficient (Wildman–Crippen LogP) is 1.05. The van der Waals surface area contributed by atoms with Crippen LogP contribution in [0.5, 0.6) is 17.2 Å². The molecule has 0 saturated carbocycles. The van der Waals surface area contributed by atoms with Crippen molar-refractivity contribution in [3.63, 3.8) is 0 Å². The number of amides is 2. The molecule has 5 rings (SSSR count). The highest BCUT2D eigenvalue weighted by Crippen LogP contribution is 2.52. The molecule has 6 atom stereocenters. The first-order valence-corrected chi connectivity index (χ1v) is 18.7. The van der Waals surface area contributed by atoms with Crippen LogP contribution in [0.3, 0.4) is 0 Å². The zero-order valence-corrected chi connectivity index (χ0v) is 32.1. The molecule has 2 aromatic rings. The van der Waals surface area contributed by atoms with Crippen LogP contribution in [0.4, 0.5) is 0 Å². The van der Waals surface area contributed by atoms with Crippen LogP contribution in [0.2, 0.25) is 0 Å². The zero-order valence-electron chi connectivity index (χ0n) is 32.1. The van der Waals surface area contributed by atoms with Crippen LogP contribution >= 0.6 is 0 Å². The molecule has 3 aliphatic rings. The minimum absolute atomic E-state index is 0.0535. The number of nitrogens with one attached hydrogen (secondary N) is 2. The number of ketones is 3. The van der Waals surface area contributed by atoms with Crippen molar-refractivity contribution in [3.8, 4) is 17.2 Å². The number of fused-ring (bicyclic) bond motifs is 3. The number of aromatic hydroxyl groups is 2. The van der Waals surface area contributed by atoms with E-state index < -0.39 is 102 Å². The van der Waals surface area contributed by atoms with Crippen molar-refractivity contribution >= 4 is 29.2 Å². The molecule has 2 aliphatic carbocycles. The normalized spacial score (nSPS) is 23.9. The van der Waals surface area contributed by atoms with Crippen molar-refractivity contribution in [1.29, 1.82) is 0 Å². The van der Waals surface area contributed by atoms with E-state index >= 15 is 0 Å². The van der Waals surface area contributed by atoms with Gasteiger partial charge in [-0.15, -0.1) is 6.58 Å². The van der Waals surface area contributed by atoms with Gasteiger partial charge in [0.2, 0.25) is 17.6 Å². The monoisotopic (exact) mass is 798 g/mol. The smallest absolute Gasteiger partial charge is 0.220 e. The van der Waals surface area contributed by atoms with E-state index in [0.717, 1.165) is 12.0 Å². The molecular weight excluding hydrogens is 748 g/mol. The van der Waals surface area contributed by atoms with E-state index in [0.29, 0.717) is 19.8 Å². The van der Waals surface area contributed by atoms with Gasteiger partial charge in [0.15, 0.2) is 17.9 Å². The van der Waals surface area contributed by atoms with Crippen LogP contribution in [0.1, 0.15) is 95.0 Å². The van der Waals surface area contributed by atoms with Gasteiger partial charge in [0, 0.05) is 55.3 Å². The number of aliphatic hydroxyl groups is 3. The number of hydrogen-bond donors (Lipinski definition) is 7. The number of rotatable bonds is 18. The van der Waals surface area contributed by atoms with Crippen molar-refractivity contribution in [1.82, 2.24) is 10.6 Å². The van der Waals surface area contributed by atoms with Gasteiger partial charge in [-0.3, -0.25) is 24.0 Å². The summed E-state index contributed by atoms with van der Waals surface area (Å²) < 4.78 is 28.2. The third kappa shape index (κ3) is 9.52. The van der Waals surface area contributed by atoms with Crippen molar-refractivity contribution in [3.05, 3.63) is 63.7 Å². The summed E-state index contributed by atoms with van der Waals surface area (Å²) in [5.41, 5.74) is -3.10. The Morgan fingerprint density at radius 2 is 1.65 bits per heavy atom. The van der Waals surface area contributed by atoms with E-state index in [4.69, 9.17) is 23.7 Å². The van der Waals surface area contributed by atoms with Crippen LogP contribution in [0.25, 0.3) is 0 Å². The van der Waals surface area contributed by atoms with Crippen LogP contribution in [-0.4, -0.2) is 132 Å². The summed E-state index contributed by atoms with van der Waals surface area (Å²) in [6, 6.07) is 3.33. The third-order valence-electron chi connectivity index (χ3n) is 10.3. The quantitative estimate of drug-likeness (QED) is 0.0540. The molecule has 57 heavy (non-hydrogen) atoms. The zero-order chi connectivity index (χ0) is 41.6. The average Bonchev–Trinajstić information content (AvgIpc) is 3.17. The SMILES string of the molecule is C=C(C)CCOCCOCCNC(=O)CCC(=O)N[C@H]1CC(O[C@H]2C[C@](O)(C(=O)CO)Cc3c(O)c4c(c(O)c32)C(=O)c2c(OC)cccc2C4=O)O[C@@H](C)[C@H]1O. The number of phenols is 2. The summed E-state index contributed by atoms with van der Waals surface area (Å²) in [6.45, 7) is 7.95. The van der Waals surface area contributed by atoms with Crippen molar-refractivity contribution < 1.29 is 73.2 Å². The molecule has 7 N–H and O–H groups in total. The number of benzene rings is 2. The van der Waals surface area contributed by atoms with E-state index in [1.807, 2.05) is 6.92 Å². The first-order chi connectivity index (χ1) is 27.1. The van der Waals surface area contributed by atoms with Gasteiger partial charge >= 0.3 is 0 Å². The van der Waals surface area contributed by atoms with Crippen molar-refractivity contribution in [2.75, 3.05) is 46.7 Å². The number of methoxy groups -OCH3 is 1. The largest absolute Gasteiger partial charge is 0.507 e. The highest BCUT2D eigenvalue weighted by atomic mass is 16.7. The minimum atomic E-state index is -2.35. The molecular formula is C40H50N2O15. The van der Waals surface area contributed by atoms with Crippen LogP contribution in [0.15, 0.2) is 30.4 Å². The molecule has 2 amide bonds. The molecule has 1 saturated heterocycles. The Bertz CT molecular complexity index is 1900. The first-order valence-electron chi connectivity index (χ1n) is 18.7. The van der Waals surface area contributed by atoms with Gasteiger partial charge in [-0.25, -0.2) is 0 Å². The molecule has 0 radical (unpaired) electrons. The second-order valence-corrected chi connectivity index (χ2v) is 14.5. The molecule has 17 nitrogen and oxygen atoms in total. The van der Waals surface area contributed by atoms with E-state index in [1.165, 1.54) is 32.2 Å². The van der Waals surface area contributed by atoms with Gasteiger partial charge < -0.3 is 59.9 Å². The van der Waals surface area contributed by atoms with E-state index in [9.17, 15) is 49.5 Å². The Morgan fingerprint density at radius 1 is 0.965 bits per heavy atom. The van der Waals surface area contributed by atoms with E-state index in [-0.39, 0.29) is 66.3 Å². The number of Topliss-reactive ketones (excluding diaryl/α,β-unsaturated/α-hetero) is 1. The summed E-state index contributed by atoms with van der Waals surface area (Å²) >= 11 is 0. The number of hydrogen-bond acceptors (Lipinski definition) is 15. The molecule has 1 unspecified atom stereocenters. The van der Waals surface area contributed by atoms with Gasteiger partial charge in [0.05, 0.1) is 68.5 Å². The molecule has 1 fully saturated rings. The van der Waals surface area contributed by atoms with Gasteiger partial charge in [0.1, 0.15) is 35.6 Å². The lowest BCUT2D eigenvalue weighted by Gasteiger charge is -2.43. The lowest BCUT2D eigenvalue weighted by atomic mass is 9.72. The Kier molecular flexibility index (Phi) is 14.2. The second-order valence-electron chi connectivity index (χ2n) is 14.5. The van der Waals surface area contributed by atoms with Gasteiger partial charge in [-0.05, 0) is 26.3 Å². The minimum Gasteiger partial charge on any atom is -0.507 e. The molecule has 2 aromatic carbocycles. The molecule has 0 bridgehead atoms. The molecule has 0 spiro atoms. The highest BCUT2D eigenvalue weighted by Gasteiger charge is 2.50. The fourth-order valence-corrected chi connectivity index (χ4v) is 7.28. The van der Waals surface area contributed by atoms with Crippen LogP contribution in [-0.2, 0) is 39.8 Å². The molecule has 0 aromatic heterocycles. The maximum atomic E-state index is 13.9. The summed E-state index contributed by atoms with van der Waals surface area (Å²) in [6.07, 6.45) is -5.92. The predicted molar refractivity (Wildman–Crippen MR) is 199 cm³/mol. The fourth-order valence-electron chi connectivity index (χ4n) is 7.28. The number of carbonyl (C=O) groups excluding carboxylic acids is 5. The van der Waals surface area contributed by atoms with Gasteiger partial charge in [0.25, 0.3) is 0 Å². The summed E-state index contributed by atoms with van der Waals surface area (Å²) in [5, 5.41) is 60.8. The van der Waals surface area contributed by atoms with Crippen LogP contribution in [0, 0.1) is 0 Å². The molecule has 310 valence electrons. The average molecular weight is 799 g/mol. The fraction of sp³-hybridized carbons (Fsp3) is 0.525.